The summed E-state index contributed by atoms with van der Waals surface area (Å²) in [4.78, 5) is 12.6. The molecule has 1 heterocycles. The molecule has 0 aliphatic heterocycles. The normalized spacial score (nSPS) is 13.8. The van der Waals surface area contributed by atoms with Gasteiger partial charge in [0.15, 0.2) is 5.82 Å². The van der Waals surface area contributed by atoms with E-state index in [9.17, 15) is 0 Å². The average Bonchev–Trinajstić information content (AvgIpc) is 2.93. The van der Waals surface area contributed by atoms with E-state index in [-0.39, 0.29) is 0 Å². The fourth-order valence-electron chi connectivity index (χ4n) is 2.34. The Morgan fingerprint density at radius 1 is 1.43 bits per heavy atom. The summed E-state index contributed by atoms with van der Waals surface area (Å²) in [5, 5.41) is 0.688. The van der Waals surface area contributed by atoms with Gasteiger partial charge in [0.2, 0.25) is 0 Å². The first-order chi connectivity index (χ1) is 11.0. The molecule has 23 heavy (non-hydrogen) atoms. The molecule has 1 atom stereocenters. The van der Waals surface area contributed by atoms with Crippen molar-refractivity contribution in [2.75, 3.05) is 0 Å². The maximum absolute atomic E-state index is 6.04. The Kier molecular flexibility index (Phi) is 6.17. The summed E-state index contributed by atoms with van der Waals surface area (Å²) in [7, 11) is 0. The highest BCUT2D eigenvalue weighted by atomic mass is 35.5. The van der Waals surface area contributed by atoms with Crippen LogP contribution in [0.15, 0.2) is 47.6 Å². The molecule has 0 radical (unpaired) electrons. The third-order valence-corrected chi connectivity index (χ3v) is 4.10. The SMILES string of the molecule is C=C(/C=C\N=C(\c1nc2cc(Cl)ccc2[nH]1)C(C)CC)CCC. The quantitative estimate of drug-likeness (QED) is 0.497. The summed E-state index contributed by atoms with van der Waals surface area (Å²) >= 11 is 6.04. The minimum absolute atomic E-state index is 0.315. The lowest BCUT2D eigenvalue weighted by Gasteiger charge is -2.09. The predicted octanol–water partition coefficient (Wildman–Crippen LogP) is 5.92. The van der Waals surface area contributed by atoms with Crippen molar-refractivity contribution < 1.29 is 0 Å². The number of hydrogen-bond donors (Lipinski definition) is 1. The molecule has 1 aromatic heterocycles. The topological polar surface area (TPSA) is 41.0 Å². The minimum atomic E-state index is 0.315. The number of aliphatic imine (C=N–C) groups is 1. The molecular formula is C19H24ClN3. The largest absolute Gasteiger partial charge is 0.337 e. The van der Waals surface area contributed by atoms with Crippen LogP contribution in [0.5, 0.6) is 0 Å². The van der Waals surface area contributed by atoms with E-state index in [1.54, 1.807) is 0 Å². The van der Waals surface area contributed by atoms with Gasteiger partial charge in [-0.2, -0.15) is 0 Å². The molecular weight excluding hydrogens is 306 g/mol. The zero-order valence-corrected chi connectivity index (χ0v) is 14.8. The molecule has 4 heteroatoms. The number of imidazole rings is 1. The molecule has 0 bridgehead atoms. The van der Waals surface area contributed by atoms with Crippen LogP contribution >= 0.6 is 11.6 Å². The molecule has 2 rings (SSSR count). The Balaban J connectivity index is 2.34. The molecule has 0 aliphatic rings. The zero-order valence-electron chi connectivity index (χ0n) is 14.1. The van der Waals surface area contributed by atoms with Gasteiger partial charge in [-0.15, -0.1) is 0 Å². The second-order valence-corrected chi connectivity index (χ2v) is 6.23. The van der Waals surface area contributed by atoms with Crippen LogP contribution in [0, 0.1) is 5.92 Å². The average molecular weight is 330 g/mol. The maximum atomic E-state index is 6.04. The predicted molar refractivity (Wildman–Crippen MR) is 100 cm³/mol. The minimum Gasteiger partial charge on any atom is -0.337 e. The van der Waals surface area contributed by atoms with Crippen molar-refractivity contribution in [2.45, 2.75) is 40.0 Å². The molecule has 122 valence electrons. The van der Waals surface area contributed by atoms with Crippen molar-refractivity contribution in [2.24, 2.45) is 10.9 Å². The van der Waals surface area contributed by atoms with E-state index in [0.29, 0.717) is 10.9 Å². The number of aromatic amines is 1. The van der Waals surface area contributed by atoms with Gasteiger partial charge in [-0.05, 0) is 37.1 Å². The van der Waals surface area contributed by atoms with Crippen molar-refractivity contribution in [3.05, 3.63) is 53.5 Å². The summed E-state index contributed by atoms with van der Waals surface area (Å²) < 4.78 is 0. The smallest absolute Gasteiger partial charge is 0.153 e. The van der Waals surface area contributed by atoms with Crippen molar-refractivity contribution in [3.8, 4) is 0 Å². The number of H-pyrrole nitrogens is 1. The van der Waals surface area contributed by atoms with E-state index in [1.807, 2.05) is 30.5 Å². The third kappa shape index (κ3) is 4.55. The summed E-state index contributed by atoms with van der Waals surface area (Å²) in [5.74, 6) is 1.12. The van der Waals surface area contributed by atoms with E-state index < -0.39 is 0 Å². The first kappa shape index (κ1) is 17.5. The standard InChI is InChI=1S/C19H24ClN3/c1-5-7-13(3)10-11-21-18(14(4)6-2)19-22-16-9-8-15(20)12-17(16)23-19/h8-12,14H,3,5-7H2,1-2,4H3,(H,22,23)/b11-10-,21-18+. The summed E-state index contributed by atoms with van der Waals surface area (Å²) in [6.45, 7) is 10.5. The number of allylic oxidation sites excluding steroid dienone is 2. The van der Waals surface area contributed by atoms with Crippen molar-refractivity contribution in [1.82, 2.24) is 9.97 Å². The highest BCUT2D eigenvalue weighted by Gasteiger charge is 2.15. The van der Waals surface area contributed by atoms with Gasteiger partial charge < -0.3 is 4.98 Å². The van der Waals surface area contributed by atoms with Gasteiger partial charge in [-0.25, -0.2) is 4.98 Å². The Morgan fingerprint density at radius 2 is 2.22 bits per heavy atom. The Labute approximate surface area is 143 Å². The van der Waals surface area contributed by atoms with Gasteiger partial charge >= 0.3 is 0 Å². The Bertz CT molecular complexity index is 740. The highest BCUT2D eigenvalue weighted by Crippen LogP contribution is 2.20. The van der Waals surface area contributed by atoms with Crippen LogP contribution in [0.25, 0.3) is 11.0 Å². The number of nitrogens with zero attached hydrogens (tertiary/aromatic N) is 2. The third-order valence-electron chi connectivity index (χ3n) is 3.86. The number of aromatic nitrogens is 2. The number of rotatable bonds is 7. The van der Waals surface area contributed by atoms with Gasteiger partial charge in [-0.1, -0.05) is 50.9 Å². The van der Waals surface area contributed by atoms with E-state index in [0.717, 1.165) is 47.4 Å². The van der Waals surface area contributed by atoms with Crippen molar-refractivity contribution in [1.29, 1.82) is 0 Å². The Hall–Kier alpha value is -1.87. The number of benzene rings is 1. The first-order valence-electron chi connectivity index (χ1n) is 8.12. The molecule has 2 aromatic rings. The van der Waals surface area contributed by atoms with Crippen LogP contribution in [0.4, 0.5) is 0 Å². The van der Waals surface area contributed by atoms with Crippen LogP contribution in [0.3, 0.4) is 0 Å². The lowest BCUT2D eigenvalue weighted by Crippen LogP contribution is -2.13. The van der Waals surface area contributed by atoms with Crippen LogP contribution in [-0.2, 0) is 0 Å². The van der Waals surface area contributed by atoms with Gasteiger partial charge in [0.05, 0.1) is 16.7 Å². The number of nitrogens with one attached hydrogen (secondary N) is 1. The lowest BCUT2D eigenvalue weighted by atomic mass is 10.0. The molecule has 0 saturated carbocycles. The molecule has 0 amide bonds. The summed E-state index contributed by atoms with van der Waals surface area (Å²) in [6.07, 6.45) is 6.90. The second-order valence-electron chi connectivity index (χ2n) is 5.79. The van der Waals surface area contributed by atoms with Crippen molar-refractivity contribution in [3.63, 3.8) is 0 Å². The summed E-state index contributed by atoms with van der Waals surface area (Å²) in [6, 6.07) is 5.67. The van der Waals surface area contributed by atoms with Gasteiger partial charge in [0, 0.05) is 17.1 Å². The fraction of sp³-hybridized carbons (Fsp3) is 0.368. The lowest BCUT2D eigenvalue weighted by molar-refractivity contribution is 0.736. The maximum Gasteiger partial charge on any atom is 0.153 e. The molecule has 0 saturated heterocycles. The van der Waals surface area contributed by atoms with Crippen LogP contribution < -0.4 is 0 Å². The van der Waals surface area contributed by atoms with Crippen LogP contribution in [0.1, 0.15) is 45.9 Å². The monoisotopic (exact) mass is 329 g/mol. The van der Waals surface area contributed by atoms with Gasteiger partial charge in [0.1, 0.15) is 0 Å². The molecule has 1 aromatic carbocycles. The van der Waals surface area contributed by atoms with E-state index in [1.165, 1.54) is 0 Å². The van der Waals surface area contributed by atoms with Gasteiger partial charge in [0.25, 0.3) is 0 Å². The number of halogens is 1. The molecule has 0 aliphatic carbocycles. The molecule has 3 nitrogen and oxygen atoms in total. The molecule has 0 fully saturated rings. The first-order valence-corrected chi connectivity index (χ1v) is 8.50. The van der Waals surface area contributed by atoms with Crippen LogP contribution in [0.2, 0.25) is 5.02 Å². The molecule has 0 spiro atoms. The van der Waals surface area contributed by atoms with Gasteiger partial charge in [-0.3, -0.25) is 4.99 Å². The Morgan fingerprint density at radius 3 is 2.91 bits per heavy atom. The van der Waals surface area contributed by atoms with E-state index in [2.05, 4.69) is 42.3 Å². The summed E-state index contributed by atoms with van der Waals surface area (Å²) in [5.41, 5.74) is 3.89. The van der Waals surface area contributed by atoms with Crippen LogP contribution in [-0.4, -0.2) is 15.7 Å². The molecule has 1 N–H and O–H groups in total. The molecule has 1 unspecified atom stereocenters. The highest BCUT2D eigenvalue weighted by molar-refractivity contribution is 6.31. The fourth-order valence-corrected chi connectivity index (χ4v) is 2.51. The van der Waals surface area contributed by atoms with E-state index >= 15 is 0 Å². The second kappa shape index (κ2) is 8.11. The number of fused-ring (bicyclic) bond motifs is 1. The zero-order chi connectivity index (χ0) is 16.8. The van der Waals surface area contributed by atoms with Crippen molar-refractivity contribution >= 4 is 28.3 Å². The van der Waals surface area contributed by atoms with E-state index in [4.69, 9.17) is 11.6 Å². The number of hydrogen-bond acceptors (Lipinski definition) is 2.